The number of aryl methyl sites for hydroxylation is 1. The van der Waals surface area contributed by atoms with E-state index >= 15 is 0 Å². The Kier molecular flexibility index (Phi) is 5.52. The maximum Gasteiger partial charge on any atom is 0.242 e. The van der Waals surface area contributed by atoms with Crippen LogP contribution in [0.3, 0.4) is 0 Å². The third kappa shape index (κ3) is 5.38. The number of anilines is 1. The van der Waals surface area contributed by atoms with Crippen LogP contribution in [0.1, 0.15) is 38.2 Å². The van der Waals surface area contributed by atoms with Gasteiger partial charge in [-0.25, -0.2) is 18.1 Å². The van der Waals surface area contributed by atoms with E-state index in [0.29, 0.717) is 11.7 Å². The molecular weight excluding hydrogens is 302 g/mol. The van der Waals surface area contributed by atoms with Gasteiger partial charge in [0.2, 0.25) is 15.9 Å². The molecule has 1 saturated carbocycles. The van der Waals surface area contributed by atoms with E-state index in [1.54, 1.807) is 18.3 Å². The van der Waals surface area contributed by atoms with Crippen molar-refractivity contribution in [3.8, 4) is 0 Å². The number of nitrogens with one attached hydrogen (secondary N) is 2. The van der Waals surface area contributed by atoms with E-state index in [0.717, 1.165) is 31.2 Å². The SMILES string of the molecule is Cc1ccnc(NC(=O)CS(=O)(=O)NC2CCC(C)CC2)c1. The zero-order chi connectivity index (χ0) is 16.2. The van der Waals surface area contributed by atoms with Gasteiger partial charge in [0.15, 0.2) is 0 Å². The van der Waals surface area contributed by atoms with Crippen LogP contribution in [0.4, 0.5) is 5.82 Å². The zero-order valence-corrected chi connectivity index (χ0v) is 13.8. The minimum Gasteiger partial charge on any atom is -0.310 e. The van der Waals surface area contributed by atoms with Crippen LogP contribution in [0.2, 0.25) is 0 Å². The Morgan fingerprint density at radius 3 is 2.64 bits per heavy atom. The Morgan fingerprint density at radius 1 is 1.32 bits per heavy atom. The fourth-order valence-electron chi connectivity index (χ4n) is 2.63. The van der Waals surface area contributed by atoms with E-state index in [-0.39, 0.29) is 6.04 Å². The highest BCUT2D eigenvalue weighted by Crippen LogP contribution is 2.23. The molecule has 0 aromatic carbocycles. The quantitative estimate of drug-likeness (QED) is 0.864. The predicted molar refractivity (Wildman–Crippen MR) is 85.9 cm³/mol. The van der Waals surface area contributed by atoms with Crippen LogP contribution in [-0.2, 0) is 14.8 Å². The summed E-state index contributed by atoms with van der Waals surface area (Å²) in [5.41, 5.74) is 0.947. The smallest absolute Gasteiger partial charge is 0.242 e. The molecule has 22 heavy (non-hydrogen) atoms. The Bertz CT molecular complexity index is 623. The molecule has 0 radical (unpaired) electrons. The Balaban J connectivity index is 1.87. The van der Waals surface area contributed by atoms with Crippen LogP contribution in [0.15, 0.2) is 18.3 Å². The van der Waals surface area contributed by atoms with Crippen molar-refractivity contribution in [3.05, 3.63) is 23.9 Å². The second-order valence-electron chi connectivity index (χ2n) is 6.10. The van der Waals surface area contributed by atoms with Crippen LogP contribution in [0, 0.1) is 12.8 Å². The van der Waals surface area contributed by atoms with E-state index in [1.807, 2.05) is 6.92 Å². The third-order valence-electron chi connectivity index (χ3n) is 3.87. The summed E-state index contributed by atoms with van der Waals surface area (Å²) >= 11 is 0. The molecule has 0 unspecified atom stereocenters. The number of nitrogens with zero attached hydrogens (tertiary/aromatic N) is 1. The second-order valence-corrected chi connectivity index (χ2v) is 7.85. The highest BCUT2D eigenvalue weighted by molar-refractivity contribution is 7.90. The summed E-state index contributed by atoms with van der Waals surface area (Å²) in [6, 6.07) is 3.45. The average Bonchev–Trinajstić information content (AvgIpc) is 2.40. The second kappa shape index (κ2) is 7.19. The lowest BCUT2D eigenvalue weighted by atomic mass is 9.88. The summed E-state index contributed by atoms with van der Waals surface area (Å²) in [5, 5.41) is 2.51. The lowest BCUT2D eigenvalue weighted by molar-refractivity contribution is -0.113. The normalized spacial score (nSPS) is 22.3. The molecule has 7 heteroatoms. The number of carbonyl (C=O) groups excluding carboxylic acids is 1. The number of aromatic nitrogens is 1. The standard InChI is InChI=1S/C15H23N3O3S/c1-11-3-5-13(6-4-11)18-22(20,21)10-15(19)17-14-9-12(2)7-8-16-14/h7-9,11,13,18H,3-6,10H2,1-2H3,(H,16,17,19). The first kappa shape index (κ1) is 16.9. The molecule has 0 spiro atoms. The van der Waals surface area contributed by atoms with Gasteiger partial charge in [-0.15, -0.1) is 0 Å². The summed E-state index contributed by atoms with van der Waals surface area (Å²) in [4.78, 5) is 15.8. The molecule has 2 rings (SSSR count). The maximum atomic E-state index is 12.1. The molecule has 1 aromatic heterocycles. The summed E-state index contributed by atoms with van der Waals surface area (Å²) in [7, 11) is -3.62. The zero-order valence-electron chi connectivity index (χ0n) is 13.0. The van der Waals surface area contributed by atoms with Crippen molar-refractivity contribution in [2.24, 2.45) is 5.92 Å². The van der Waals surface area contributed by atoms with Gasteiger partial charge < -0.3 is 5.32 Å². The molecule has 0 atom stereocenters. The summed E-state index contributed by atoms with van der Waals surface area (Å²) < 4.78 is 26.7. The molecule has 1 amide bonds. The minimum atomic E-state index is -3.62. The van der Waals surface area contributed by atoms with Gasteiger partial charge in [0.05, 0.1) is 0 Å². The van der Waals surface area contributed by atoms with Crippen LogP contribution < -0.4 is 10.0 Å². The first-order valence-corrected chi connectivity index (χ1v) is 9.22. The Morgan fingerprint density at radius 2 is 2.00 bits per heavy atom. The van der Waals surface area contributed by atoms with Crippen molar-refractivity contribution in [1.82, 2.24) is 9.71 Å². The van der Waals surface area contributed by atoms with Crippen molar-refractivity contribution >= 4 is 21.7 Å². The van der Waals surface area contributed by atoms with Gasteiger partial charge in [-0.3, -0.25) is 4.79 Å². The summed E-state index contributed by atoms with van der Waals surface area (Å²) in [6.45, 7) is 4.05. The molecule has 1 fully saturated rings. The fourth-order valence-corrected chi connectivity index (χ4v) is 3.87. The Labute approximate surface area is 131 Å². The average molecular weight is 325 g/mol. The lowest BCUT2D eigenvalue weighted by Crippen LogP contribution is -2.41. The monoisotopic (exact) mass is 325 g/mol. The van der Waals surface area contributed by atoms with Gasteiger partial charge in [0.25, 0.3) is 0 Å². The molecular formula is C15H23N3O3S. The van der Waals surface area contributed by atoms with Crippen molar-refractivity contribution in [2.45, 2.75) is 45.6 Å². The van der Waals surface area contributed by atoms with Crippen LogP contribution in [-0.4, -0.2) is 31.1 Å². The minimum absolute atomic E-state index is 0.0499. The van der Waals surface area contributed by atoms with Crippen molar-refractivity contribution in [3.63, 3.8) is 0 Å². The third-order valence-corrected chi connectivity index (χ3v) is 5.20. The van der Waals surface area contributed by atoms with Gasteiger partial charge in [-0.05, 0) is 56.2 Å². The molecule has 0 bridgehead atoms. The molecule has 122 valence electrons. The van der Waals surface area contributed by atoms with Gasteiger partial charge in [-0.2, -0.15) is 0 Å². The molecule has 2 N–H and O–H groups in total. The number of hydrogen-bond donors (Lipinski definition) is 2. The highest BCUT2D eigenvalue weighted by Gasteiger charge is 2.24. The maximum absolute atomic E-state index is 12.1. The van der Waals surface area contributed by atoms with Crippen molar-refractivity contribution in [2.75, 3.05) is 11.1 Å². The Hall–Kier alpha value is -1.47. The molecule has 1 aromatic rings. The van der Waals surface area contributed by atoms with Gasteiger partial charge in [-0.1, -0.05) is 6.92 Å². The van der Waals surface area contributed by atoms with E-state index in [1.165, 1.54) is 0 Å². The van der Waals surface area contributed by atoms with Crippen LogP contribution in [0.25, 0.3) is 0 Å². The fraction of sp³-hybridized carbons (Fsp3) is 0.600. The summed E-state index contributed by atoms with van der Waals surface area (Å²) in [6.07, 6.45) is 5.28. The first-order valence-electron chi connectivity index (χ1n) is 7.56. The first-order chi connectivity index (χ1) is 10.3. The highest BCUT2D eigenvalue weighted by atomic mass is 32.2. The van der Waals surface area contributed by atoms with Gasteiger partial charge in [0, 0.05) is 12.2 Å². The van der Waals surface area contributed by atoms with Crippen LogP contribution >= 0.6 is 0 Å². The number of carbonyl (C=O) groups is 1. The van der Waals surface area contributed by atoms with Crippen LogP contribution in [0.5, 0.6) is 0 Å². The van der Waals surface area contributed by atoms with Crippen molar-refractivity contribution < 1.29 is 13.2 Å². The largest absolute Gasteiger partial charge is 0.310 e. The van der Waals surface area contributed by atoms with E-state index in [9.17, 15) is 13.2 Å². The number of sulfonamides is 1. The van der Waals surface area contributed by atoms with E-state index < -0.39 is 21.7 Å². The molecule has 0 aliphatic heterocycles. The number of amides is 1. The topological polar surface area (TPSA) is 88.2 Å². The van der Waals surface area contributed by atoms with Gasteiger partial charge >= 0.3 is 0 Å². The number of rotatable bonds is 5. The van der Waals surface area contributed by atoms with Crippen molar-refractivity contribution in [1.29, 1.82) is 0 Å². The van der Waals surface area contributed by atoms with Gasteiger partial charge in [0.1, 0.15) is 11.6 Å². The molecule has 1 aliphatic carbocycles. The summed E-state index contributed by atoms with van der Waals surface area (Å²) in [5.74, 6) is -0.132. The number of pyridine rings is 1. The van der Waals surface area contributed by atoms with E-state index in [4.69, 9.17) is 0 Å². The molecule has 1 aliphatic rings. The predicted octanol–water partition coefficient (Wildman–Crippen LogP) is 1.83. The molecule has 6 nitrogen and oxygen atoms in total. The van der Waals surface area contributed by atoms with E-state index in [2.05, 4.69) is 21.9 Å². The lowest BCUT2D eigenvalue weighted by Gasteiger charge is -2.26. The number of hydrogen-bond acceptors (Lipinski definition) is 4. The molecule has 0 saturated heterocycles. The molecule has 1 heterocycles.